The molecular weight excluding hydrogens is 648 g/mol. The van der Waals surface area contributed by atoms with Gasteiger partial charge in [-0.3, -0.25) is 0 Å². The van der Waals surface area contributed by atoms with E-state index in [2.05, 4.69) is 188 Å². The van der Waals surface area contributed by atoms with E-state index in [1.807, 2.05) is 0 Å². The first-order chi connectivity index (χ1) is 25.6. The van der Waals surface area contributed by atoms with E-state index >= 15 is 4.57 Å². The van der Waals surface area contributed by atoms with E-state index < -0.39 is 7.14 Å². The first kappa shape index (κ1) is 29.5. The normalized spacial score (nSPS) is 12.3. The lowest BCUT2D eigenvalue weighted by Gasteiger charge is -2.22. The van der Waals surface area contributed by atoms with E-state index in [1.54, 1.807) is 0 Å². The summed E-state index contributed by atoms with van der Waals surface area (Å²) in [5.41, 5.74) is 2.30. The third kappa shape index (κ3) is 4.27. The fourth-order valence-electron chi connectivity index (χ4n) is 8.66. The second-order valence-corrected chi connectivity index (χ2v) is 16.8. The molecule has 0 aromatic heterocycles. The maximum atomic E-state index is 16.3. The molecule has 0 aliphatic carbocycles. The Morgan fingerprint density at radius 1 is 0.288 bits per heavy atom. The second kappa shape index (κ2) is 11.1. The van der Waals surface area contributed by atoms with E-state index in [4.69, 9.17) is 0 Å². The van der Waals surface area contributed by atoms with Crippen molar-refractivity contribution in [3.63, 3.8) is 0 Å². The minimum Gasteiger partial charge on any atom is -0.309 e. The van der Waals surface area contributed by atoms with Gasteiger partial charge in [-0.1, -0.05) is 176 Å². The molecule has 1 nitrogen and oxygen atoms in total. The van der Waals surface area contributed by atoms with Crippen LogP contribution in [0.5, 0.6) is 0 Å². The molecule has 52 heavy (non-hydrogen) atoms. The van der Waals surface area contributed by atoms with Crippen LogP contribution in [0.4, 0.5) is 0 Å². The van der Waals surface area contributed by atoms with Crippen molar-refractivity contribution in [2.45, 2.75) is 0 Å². The fourth-order valence-corrected chi connectivity index (χ4v) is 11.3. The monoisotopic (exact) mass is 678 g/mol. The van der Waals surface area contributed by atoms with Crippen LogP contribution in [0.15, 0.2) is 188 Å². The van der Waals surface area contributed by atoms with E-state index in [-0.39, 0.29) is 0 Å². The quantitative estimate of drug-likeness (QED) is 0.134. The van der Waals surface area contributed by atoms with Crippen molar-refractivity contribution >= 4 is 98.5 Å². The average Bonchev–Trinajstić information content (AvgIpc) is 3.22. The molecule has 242 valence electrons. The number of fused-ring (bicyclic) bond motifs is 6. The van der Waals surface area contributed by atoms with Crippen molar-refractivity contribution in [3.05, 3.63) is 188 Å². The summed E-state index contributed by atoms with van der Waals surface area (Å²) in [6.45, 7) is 0. The van der Waals surface area contributed by atoms with Gasteiger partial charge < -0.3 is 4.57 Å². The summed E-state index contributed by atoms with van der Waals surface area (Å²) in [5.74, 6) is 0. The summed E-state index contributed by atoms with van der Waals surface area (Å²) >= 11 is 0. The SMILES string of the molecule is O=P(c1ccc(-c2ccc3ccc4cccc5ccc2c3c45)cc1)(c1ccc2ccc3ccccc3c2c1)c1ccc2ccc3ccccc3c2c1. The maximum Gasteiger partial charge on any atom is 0.171 e. The molecule has 0 amide bonds. The minimum absolute atomic E-state index is 0.827. The van der Waals surface area contributed by atoms with Gasteiger partial charge in [-0.2, -0.15) is 0 Å². The van der Waals surface area contributed by atoms with Gasteiger partial charge in [-0.15, -0.1) is 0 Å². The van der Waals surface area contributed by atoms with Crippen LogP contribution in [0.2, 0.25) is 0 Å². The highest BCUT2D eigenvalue weighted by molar-refractivity contribution is 7.85. The molecule has 0 saturated heterocycles. The molecular formula is C50H31OP. The Balaban J connectivity index is 1.14. The molecule has 0 radical (unpaired) electrons. The first-order valence-corrected chi connectivity index (χ1v) is 19.6. The van der Waals surface area contributed by atoms with Crippen molar-refractivity contribution in [2.24, 2.45) is 0 Å². The minimum atomic E-state index is -3.35. The van der Waals surface area contributed by atoms with Gasteiger partial charge in [0.05, 0.1) is 0 Å². The van der Waals surface area contributed by atoms with Gasteiger partial charge in [-0.05, 0) is 98.7 Å². The molecule has 11 aromatic rings. The van der Waals surface area contributed by atoms with Crippen LogP contribution in [-0.4, -0.2) is 0 Å². The highest BCUT2D eigenvalue weighted by Gasteiger charge is 2.31. The molecule has 0 atom stereocenters. The summed E-state index contributed by atoms with van der Waals surface area (Å²) in [5, 5.41) is 19.3. The molecule has 11 aromatic carbocycles. The molecule has 0 N–H and O–H groups in total. The van der Waals surface area contributed by atoms with Gasteiger partial charge in [0, 0.05) is 15.9 Å². The van der Waals surface area contributed by atoms with E-state index in [9.17, 15) is 0 Å². The van der Waals surface area contributed by atoms with Crippen LogP contribution in [0.1, 0.15) is 0 Å². The number of hydrogen-bond acceptors (Lipinski definition) is 1. The summed E-state index contributed by atoms with van der Waals surface area (Å²) in [6, 6.07) is 66.9. The van der Waals surface area contributed by atoms with Crippen LogP contribution in [0, 0.1) is 0 Å². The Bertz CT molecular complexity index is 3130. The lowest BCUT2D eigenvalue weighted by Crippen LogP contribution is -2.25. The van der Waals surface area contributed by atoms with Crippen LogP contribution in [-0.2, 0) is 4.57 Å². The predicted molar refractivity (Wildman–Crippen MR) is 225 cm³/mol. The van der Waals surface area contributed by atoms with Crippen molar-refractivity contribution in [3.8, 4) is 11.1 Å². The standard InChI is InChI=1S/C50H31OP/c51-52(41-26-20-35-14-12-32-6-1-3-10-43(32)47(35)30-41,42-27-21-36-15-13-33-7-2-4-11-44(33)48(36)31-42)40-24-18-34(19-25-40)45-28-22-39-17-16-37-8-5-9-38-23-29-46(45)50(39)49(37)38/h1-31H. The smallest absolute Gasteiger partial charge is 0.171 e. The van der Waals surface area contributed by atoms with Crippen LogP contribution in [0.3, 0.4) is 0 Å². The zero-order valence-electron chi connectivity index (χ0n) is 28.3. The van der Waals surface area contributed by atoms with Crippen molar-refractivity contribution in [1.29, 1.82) is 0 Å². The molecule has 0 spiro atoms. The van der Waals surface area contributed by atoms with Gasteiger partial charge >= 0.3 is 0 Å². The van der Waals surface area contributed by atoms with Gasteiger partial charge in [0.15, 0.2) is 7.14 Å². The first-order valence-electron chi connectivity index (χ1n) is 17.9. The average molecular weight is 679 g/mol. The molecule has 0 heterocycles. The van der Waals surface area contributed by atoms with E-state index in [1.165, 1.54) is 59.4 Å². The summed E-state index contributed by atoms with van der Waals surface area (Å²) in [6.07, 6.45) is 0. The molecule has 0 unspecified atom stereocenters. The largest absolute Gasteiger partial charge is 0.309 e. The van der Waals surface area contributed by atoms with Crippen LogP contribution < -0.4 is 15.9 Å². The molecule has 11 rings (SSSR count). The Labute approximate surface area is 301 Å². The third-order valence-electron chi connectivity index (χ3n) is 11.3. The van der Waals surface area contributed by atoms with Gasteiger partial charge in [0.2, 0.25) is 0 Å². The third-order valence-corrected chi connectivity index (χ3v) is 14.3. The molecule has 0 aliphatic rings. The Kier molecular flexibility index (Phi) is 6.30. The molecule has 0 fully saturated rings. The Hall–Kier alpha value is -6.27. The highest BCUT2D eigenvalue weighted by Crippen LogP contribution is 2.46. The lowest BCUT2D eigenvalue weighted by atomic mass is 9.90. The number of hydrogen-bond donors (Lipinski definition) is 0. The van der Waals surface area contributed by atoms with Crippen molar-refractivity contribution < 1.29 is 4.57 Å². The van der Waals surface area contributed by atoms with Gasteiger partial charge in [0.1, 0.15) is 0 Å². The molecule has 0 bridgehead atoms. The molecule has 2 heteroatoms. The lowest BCUT2D eigenvalue weighted by molar-refractivity contribution is 0.592. The second-order valence-electron chi connectivity index (χ2n) is 14.0. The highest BCUT2D eigenvalue weighted by atomic mass is 31.2. The zero-order chi connectivity index (χ0) is 34.4. The number of benzene rings is 11. The van der Waals surface area contributed by atoms with Gasteiger partial charge in [-0.25, -0.2) is 0 Å². The van der Waals surface area contributed by atoms with E-state index in [0.717, 1.165) is 43.0 Å². The van der Waals surface area contributed by atoms with E-state index in [0.29, 0.717) is 0 Å². The topological polar surface area (TPSA) is 17.1 Å². The van der Waals surface area contributed by atoms with Crippen LogP contribution in [0.25, 0.3) is 86.5 Å². The Morgan fingerprint density at radius 3 is 1.31 bits per heavy atom. The van der Waals surface area contributed by atoms with Gasteiger partial charge in [0.25, 0.3) is 0 Å². The predicted octanol–water partition coefficient (Wildman–Crippen LogP) is 12.5. The fraction of sp³-hybridized carbons (Fsp3) is 0. The molecule has 0 saturated carbocycles. The Morgan fingerprint density at radius 2 is 0.712 bits per heavy atom. The summed E-state index contributed by atoms with van der Waals surface area (Å²) in [7, 11) is -3.35. The summed E-state index contributed by atoms with van der Waals surface area (Å²) in [4.78, 5) is 0. The number of rotatable bonds is 4. The van der Waals surface area contributed by atoms with Crippen molar-refractivity contribution in [2.75, 3.05) is 0 Å². The summed E-state index contributed by atoms with van der Waals surface area (Å²) < 4.78 is 16.3. The zero-order valence-corrected chi connectivity index (χ0v) is 29.1. The molecule has 0 aliphatic heterocycles. The van der Waals surface area contributed by atoms with Crippen molar-refractivity contribution in [1.82, 2.24) is 0 Å². The van der Waals surface area contributed by atoms with Crippen LogP contribution >= 0.6 is 7.14 Å². The maximum absolute atomic E-state index is 16.3.